The quantitative estimate of drug-likeness (QED) is 0.631. The number of Topliss-reactive ketones (excluding diaryl/α,β-unsaturated/α-hetero) is 1. The van der Waals surface area contributed by atoms with Crippen molar-refractivity contribution in [3.05, 3.63) is 0 Å². The van der Waals surface area contributed by atoms with Crippen LogP contribution >= 0.6 is 12.4 Å². The zero-order chi connectivity index (χ0) is 8.70. The summed E-state index contributed by atoms with van der Waals surface area (Å²) < 4.78 is 0. The maximum atomic E-state index is 11.7. The Morgan fingerprint density at radius 2 is 1.42 bits per heavy atom. The van der Waals surface area contributed by atoms with Gasteiger partial charge >= 0.3 is 0 Å². The van der Waals surface area contributed by atoms with Crippen LogP contribution in [0.4, 0.5) is 0 Å². The summed E-state index contributed by atoms with van der Waals surface area (Å²) in [6.07, 6.45) is 0. The van der Waals surface area contributed by atoms with Crippen LogP contribution < -0.4 is 5.32 Å². The van der Waals surface area contributed by atoms with Crippen LogP contribution in [0.2, 0.25) is 0 Å². The SMILES string of the molecule is CC1(C)CNCC(C)(C)C1=O.Cl. The molecule has 0 radical (unpaired) electrons. The summed E-state index contributed by atoms with van der Waals surface area (Å²) in [4.78, 5) is 11.7. The van der Waals surface area contributed by atoms with Gasteiger partial charge in [0.1, 0.15) is 5.78 Å². The lowest BCUT2D eigenvalue weighted by Gasteiger charge is -2.39. The Bertz CT molecular complexity index is 169. The number of hydrogen-bond donors (Lipinski definition) is 1. The molecule has 1 N–H and O–H groups in total. The maximum Gasteiger partial charge on any atom is 0.146 e. The Morgan fingerprint density at radius 1 is 1.08 bits per heavy atom. The molecular formula is C9H18ClNO. The molecule has 3 heteroatoms. The van der Waals surface area contributed by atoms with Gasteiger partial charge in [-0.15, -0.1) is 12.4 Å². The molecule has 0 saturated carbocycles. The molecule has 0 aliphatic carbocycles. The number of hydrogen-bond acceptors (Lipinski definition) is 2. The second kappa shape index (κ2) is 3.35. The van der Waals surface area contributed by atoms with Crippen molar-refractivity contribution >= 4 is 18.2 Å². The molecule has 0 atom stereocenters. The molecule has 1 rings (SSSR count). The zero-order valence-electron chi connectivity index (χ0n) is 8.23. The second-order valence-corrected chi connectivity index (χ2v) is 4.70. The van der Waals surface area contributed by atoms with Crippen LogP contribution in [0.25, 0.3) is 0 Å². The fourth-order valence-electron chi connectivity index (χ4n) is 1.76. The third-order valence-corrected chi connectivity index (χ3v) is 2.36. The summed E-state index contributed by atoms with van der Waals surface area (Å²) in [6, 6.07) is 0. The Kier molecular flexibility index (Phi) is 3.32. The molecule has 2 nitrogen and oxygen atoms in total. The summed E-state index contributed by atoms with van der Waals surface area (Å²) in [5, 5.41) is 3.27. The molecule has 1 aliphatic rings. The molecule has 0 aromatic rings. The molecule has 12 heavy (non-hydrogen) atoms. The highest BCUT2D eigenvalue weighted by atomic mass is 35.5. The third kappa shape index (κ3) is 1.99. The zero-order valence-corrected chi connectivity index (χ0v) is 9.05. The van der Waals surface area contributed by atoms with Gasteiger partial charge in [-0.25, -0.2) is 0 Å². The first-order valence-electron chi connectivity index (χ1n) is 4.12. The van der Waals surface area contributed by atoms with Gasteiger partial charge in [0.25, 0.3) is 0 Å². The van der Waals surface area contributed by atoms with Gasteiger partial charge in [0, 0.05) is 23.9 Å². The van der Waals surface area contributed by atoms with E-state index in [1.165, 1.54) is 0 Å². The lowest BCUT2D eigenvalue weighted by atomic mass is 9.71. The van der Waals surface area contributed by atoms with E-state index < -0.39 is 0 Å². The van der Waals surface area contributed by atoms with E-state index in [1.807, 2.05) is 27.7 Å². The van der Waals surface area contributed by atoms with Crippen molar-refractivity contribution in [3.63, 3.8) is 0 Å². The molecule has 0 bridgehead atoms. The monoisotopic (exact) mass is 191 g/mol. The van der Waals surface area contributed by atoms with Gasteiger partial charge < -0.3 is 5.32 Å². The van der Waals surface area contributed by atoms with E-state index in [2.05, 4.69) is 5.32 Å². The van der Waals surface area contributed by atoms with Crippen molar-refractivity contribution in [2.75, 3.05) is 13.1 Å². The molecule has 0 amide bonds. The minimum Gasteiger partial charge on any atom is -0.315 e. The van der Waals surface area contributed by atoms with Gasteiger partial charge in [-0.3, -0.25) is 4.79 Å². The number of nitrogens with one attached hydrogen (secondary N) is 1. The number of halogens is 1. The largest absolute Gasteiger partial charge is 0.315 e. The highest BCUT2D eigenvalue weighted by molar-refractivity contribution is 5.90. The number of ketones is 1. The topological polar surface area (TPSA) is 29.1 Å². The normalized spacial score (nSPS) is 26.2. The van der Waals surface area contributed by atoms with Gasteiger partial charge in [0.15, 0.2) is 0 Å². The first-order valence-corrected chi connectivity index (χ1v) is 4.12. The van der Waals surface area contributed by atoms with E-state index in [1.54, 1.807) is 0 Å². The number of rotatable bonds is 0. The molecule has 0 aromatic carbocycles. The molecule has 0 unspecified atom stereocenters. The van der Waals surface area contributed by atoms with Gasteiger partial charge in [-0.1, -0.05) is 27.7 Å². The molecule has 1 saturated heterocycles. The molecule has 1 fully saturated rings. The Morgan fingerprint density at radius 3 is 1.67 bits per heavy atom. The highest BCUT2D eigenvalue weighted by Gasteiger charge is 2.42. The molecule has 1 heterocycles. The highest BCUT2D eigenvalue weighted by Crippen LogP contribution is 2.31. The Balaban J connectivity index is 0.00000121. The predicted octanol–water partition coefficient (Wildman–Crippen LogP) is 1.63. The Labute approximate surface area is 80.5 Å². The number of carbonyl (C=O) groups excluding carboxylic acids is 1. The summed E-state index contributed by atoms with van der Waals surface area (Å²) in [6.45, 7) is 9.64. The maximum absolute atomic E-state index is 11.7. The standard InChI is InChI=1S/C9H17NO.ClH/c1-8(2)5-10-6-9(3,4)7(8)11;/h10H,5-6H2,1-4H3;1H. The van der Waals surface area contributed by atoms with Gasteiger partial charge in [0.05, 0.1) is 0 Å². The third-order valence-electron chi connectivity index (χ3n) is 2.36. The molecule has 0 spiro atoms. The number of carbonyl (C=O) groups is 1. The summed E-state index contributed by atoms with van der Waals surface area (Å²) >= 11 is 0. The summed E-state index contributed by atoms with van der Waals surface area (Å²) in [5.41, 5.74) is -0.358. The first-order chi connectivity index (χ1) is 4.86. The van der Waals surface area contributed by atoms with E-state index >= 15 is 0 Å². The Hall–Kier alpha value is -0.0800. The van der Waals surface area contributed by atoms with Crippen molar-refractivity contribution in [1.29, 1.82) is 0 Å². The van der Waals surface area contributed by atoms with Crippen molar-refractivity contribution in [2.24, 2.45) is 10.8 Å². The van der Waals surface area contributed by atoms with E-state index in [-0.39, 0.29) is 23.2 Å². The lowest BCUT2D eigenvalue weighted by molar-refractivity contribution is -0.138. The van der Waals surface area contributed by atoms with Crippen LogP contribution in [0, 0.1) is 10.8 Å². The fraction of sp³-hybridized carbons (Fsp3) is 0.889. The molecule has 0 aromatic heterocycles. The van der Waals surface area contributed by atoms with Crippen molar-refractivity contribution in [1.82, 2.24) is 5.32 Å². The van der Waals surface area contributed by atoms with Crippen LogP contribution in [0.1, 0.15) is 27.7 Å². The first kappa shape index (κ1) is 11.9. The minimum atomic E-state index is -0.179. The second-order valence-electron chi connectivity index (χ2n) is 4.70. The van der Waals surface area contributed by atoms with Crippen molar-refractivity contribution < 1.29 is 4.79 Å². The van der Waals surface area contributed by atoms with Crippen LogP contribution in [0.15, 0.2) is 0 Å². The average Bonchev–Trinajstić information content (AvgIpc) is 1.82. The van der Waals surface area contributed by atoms with E-state index in [0.29, 0.717) is 5.78 Å². The smallest absolute Gasteiger partial charge is 0.146 e. The number of piperidine rings is 1. The fourth-order valence-corrected chi connectivity index (χ4v) is 1.76. The minimum absolute atomic E-state index is 0. The van der Waals surface area contributed by atoms with Gasteiger partial charge in [-0.05, 0) is 0 Å². The van der Waals surface area contributed by atoms with Gasteiger partial charge in [-0.2, -0.15) is 0 Å². The van der Waals surface area contributed by atoms with Crippen LogP contribution in [-0.4, -0.2) is 18.9 Å². The van der Waals surface area contributed by atoms with Crippen LogP contribution in [0.5, 0.6) is 0 Å². The average molecular weight is 192 g/mol. The van der Waals surface area contributed by atoms with Crippen LogP contribution in [-0.2, 0) is 4.79 Å². The van der Waals surface area contributed by atoms with Crippen molar-refractivity contribution in [3.8, 4) is 0 Å². The summed E-state index contributed by atoms with van der Waals surface area (Å²) in [7, 11) is 0. The van der Waals surface area contributed by atoms with Crippen LogP contribution in [0.3, 0.4) is 0 Å². The van der Waals surface area contributed by atoms with E-state index in [0.717, 1.165) is 13.1 Å². The molecule has 72 valence electrons. The summed E-state index contributed by atoms with van der Waals surface area (Å²) in [5.74, 6) is 0.378. The van der Waals surface area contributed by atoms with Crippen molar-refractivity contribution in [2.45, 2.75) is 27.7 Å². The van der Waals surface area contributed by atoms with Gasteiger partial charge in [0.2, 0.25) is 0 Å². The lowest BCUT2D eigenvalue weighted by Crippen LogP contribution is -2.53. The predicted molar refractivity (Wildman–Crippen MR) is 52.7 cm³/mol. The van der Waals surface area contributed by atoms with E-state index in [9.17, 15) is 4.79 Å². The molecular weight excluding hydrogens is 174 g/mol. The van der Waals surface area contributed by atoms with E-state index in [4.69, 9.17) is 0 Å². The molecule has 1 aliphatic heterocycles.